The van der Waals surface area contributed by atoms with E-state index >= 15 is 0 Å². The van der Waals surface area contributed by atoms with Crippen molar-refractivity contribution in [1.82, 2.24) is 15.0 Å². The van der Waals surface area contributed by atoms with Crippen LogP contribution in [0.1, 0.15) is 11.4 Å². The van der Waals surface area contributed by atoms with Crippen molar-refractivity contribution in [2.75, 3.05) is 0 Å². The average Bonchev–Trinajstić information content (AvgIpc) is 2.84. The van der Waals surface area contributed by atoms with Crippen LogP contribution in [0.25, 0.3) is 12.2 Å². The fourth-order valence-electron chi connectivity index (χ4n) is 0.887. The molecule has 0 fully saturated rings. The molecule has 3 nitrogen and oxygen atoms in total. The van der Waals surface area contributed by atoms with Gasteiger partial charge in [0, 0.05) is 24.3 Å². The standard InChI is InChI=1S/C6H6N2.C6H7N/c1-2-6-5-7-3-4-8-6;1-2-6-4-3-5-7-6/h2-5H,1H2;2-5,7H,1H2. The smallest absolute Gasteiger partial charge is 0.0807 e. The van der Waals surface area contributed by atoms with Gasteiger partial charge in [-0.05, 0) is 24.3 Å². The molecule has 2 aromatic rings. The van der Waals surface area contributed by atoms with E-state index in [0.29, 0.717) is 0 Å². The van der Waals surface area contributed by atoms with Crippen LogP contribution in [-0.2, 0) is 0 Å². The van der Waals surface area contributed by atoms with E-state index in [9.17, 15) is 0 Å². The Morgan fingerprint density at radius 3 is 2.40 bits per heavy atom. The number of hydrogen-bond donors (Lipinski definition) is 1. The molecule has 0 spiro atoms. The lowest BCUT2D eigenvalue weighted by molar-refractivity contribution is 1.18. The molecule has 2 heterocycles. The van der Waals surface area contributed by atoms with Gasteiger partial charge in [-0.2, -0.15) is 0 Å². The Balaban J connectivity index is 0.000000151. The fourth-order valence-corrected chi connectivity index (χ4v) is 0.887. The molecule has 3 heteroatoms. The van der Waals surface area contributed by atoms with Crippen molar-refractivity contribution in [3.63, 3.8) is 0 Å². The second kappa shape index (κ2) is 6.32. The third-order valence-electron chi connectivity index (χ3n) is 1.63. The largest absolute Gasteiger partial charge is 0.362 e. The first-order chi connectivity index (χ1) is 7.36. The third kappa shape index (κ3) is 4.04. The highest BCUT2D eigenvalue weighted by molar-refractivity contribution is 5.40. The fraction of sp³-hybridized carbons (Fsp3) is 0. The van der Waals surface area contributed by atoms with E-state index < -0.39 is 0 Å². The molecule has 0 radical (unpaired) electrons. The summed E-state index contributed by atoms with van der Waals surface area (Å²) in [5, 5.41) is 0. The van der Waals surface area contributed by atoms with Crippen molar-refractivity contribution in [3.8, 4) is 0 Å². The van der Waals surface area contributed by atoms with E-state index in [-0.39, 0.29) is 0 Å². The molecular weight excluding hydrogens is 186 g/mol. The second-order valence-electron chi connectivity index (χ2n) is 2.66. The Morgan fingerprint density at radius 1 is 1.20 bits per heavy atom. The maximum Gasteiger partial charge on any atom is 0.0807 e. The first-order valence-electron chi connectivity index (χ1n) is 4.51. The van der Waals surface area contributed by atoms with Crippen molar-refractivity contribution < 1.29 is 0 Å². The van der Waals surface area contributed by atoms with Crippen LogP contribution in [0.3, 0.4) is 0 Å². The molecule has 2 aromatic heterocycles. The van der Waals surface area contributed by atoms with Crippen molar-refractivity contribution in [1.29, 1.82) is 0 Å². The summed E-state index contributed by atoms with van der Waals surface area (Å²) in [6.45, 7) is 7.10. The summed E-state index contributed by atoms with van der Waals surface area (Å²) in [6, 6.07) is 3.91. The lowest BCUT2D eigenvalue weighted by Crippen LogP contribution is -1.77. The van der Waals surface area contributed by atoms with Gasteiger partial charge in [0.2, 0.25) is 0 Å². The number of nitrogens with zero attached hydrogens (tertiary/aromatic N) is 2. The van der Waals surface area contributed by atoms with Crippen LogP contribution in [0.4, 0.5) is 0 Å². The van der Waals surface area contributed by atoms with E-state index in [2.05, 4.69) is 28.1 Å². The van der Waals surface area contributed by atoms with Crippen LogP contribution in [0.15, 0.2) is 50.1 Å². The van der Waals surface area contributed by atoms with Gasteiger partial charge in [-0.3, -0.25) is 9.97 Å². The number of nitrogens with one attached hydrogen (secondary N) is 1. The Hall–Kier alpha value is -2.16. The highest BCUT2D eigenvalue weighted by atomic mass is 14.7. The lowest BCUT2D eigenvalue weighted by atomic mass is 10.4. The van der Waals surface area contributed by atoms with Crippen molar-refractivity contribution in [2.24, 2.45) is 0 Å². The minimum absolute atomic E-state index is 0.813. The van der Waals surface area contributed by atoms with Gasteiger partial charge in [-0.15, -0.1) is 0 Å². The van der Waals surface area contributed by atoms with Crippen LogP contribution in [0.5, 0.6) is 0 Å². The van der Waals surface area contributed by atoms with Gasteiger partial charge in [0.1, 0.15) is 0 Å². The quantitative estimate of drug-likeness (QED) is 0.808. The maximum atomic E-state index is 3.92. The van der Waals surface area contributed by atoms with Crippen LogP contribution in [-0.4, -0.2) is 15.0 Å². The predicted molar refractivity (Wildman–Crippen MR) is 63.0 cm³/mol. The molecule has 0 amide bonds. The summed E-state index contributed by atoms with van der Waals surface area (Å²) in [7, 11) is 0. The molecule has 0 atom stereocenters. The Labute approximate surface area is 89.2 Å². The van der Waals surface area contributed by atoms with E-state index in [1.165, 1.54) is 0 Å². The molecular formula is C12H13N3. The van der Waals surface area contributed by atoms with Gasteiger partial charge in [-0.1, -0.05) is 13.2 Å². The molecule has 0 unspecified atom stereocenters. The minimum Gasteiger partial charge on any atom is -0.362 e. The van der Waals surface area contributed by atoms with Gasteiger partial charge in [0.25, 0.3) is 0 Å². The van der Waals surface area contributed by atoms with E-state index in [1.54, 1.807) is 30.7 Å². The van der Waals surface area contributed by atoms with Gasteiger partial charge >= 0.3 is 0 Å². The summed E-state index contributed by atoms with van der Waals surface area (Å²) in [4.78, 5) is 10.7. The Kier molecular flexibility index (Phi) is 4.60. The number of aromatic amines is 1. The summed E-state index contributed by atoms with van der Waals surface area (Å²) in [6.07, 6.45) is 10.2. The average molecular weight is 199 g/mol. The highest BCUT2D eigenvalue weighted by Crippen LogP contribution is 1.92. The molecule has 0 aliphatic carbocycles. The molecule has 0 aromatic carbocycles. The first-order valence-corrected chi connectivity index (χ1v) is 4.51. The molecule has 0 saturated heterocycles. The topological polar surface area (TPSA) is 41.6 Å². The van der Waals surface area contributed by atoms with E-state index in [0.717, 1.165) is 11.4 Å². The van der Waals surface area contributed by atoms with Crippen molar-refractivity contribution in [3.05, 3.63) is 61.5 Å². The Morgan fingerprint density at radius 2 is 2.07 bits per heavy atom. The lowest BCUT2D eigenvalue weighted by Gasteiger charge is -1.83. The first kappa shape index (κ1) is 10.9. The summed E-state index contributed by atoms with van der Waals surface area (Å²) >= 11 is 0. The van der Waals surface area contributed by atoms with Gasteiger partial charge < -0.3 is 4.98 Å². The molecule has 2 rings (SSSR count). The SMILES string of the molecule is C=Cc1ccc[nH]1.C=Cc1cnccn1. The van der Waals surface area contributed by atoms with Crippen LogP contribution >= 0.6 is 0 Å². The molecule has 76 valence electrons. The molecule has 0 aliphatic heterocycles. The summed E-state index contributed by atoms with van der Waals surface area (Å²) in [5.74, 6) is 0. The van der Waals surface area contributed by atoms with Gasteiger partial charge in [0.15, 0.2) is 0 Å². The van der Waals surface area contributed by atoms with Crippen LogP contribution in [0.2, 0.25) is 0 Å². The van der Waals surface area contributed by atoms with Gasteiger partial charge in [0.05, 0.1) is 11.9 Å². The highest BCUT2D eigenvalue weighted by Gasteiger charge is 1.78. The molecule has 0 aliphatic rings. The maximum absolute atomic E-state index is 3.92. The zero-order valence-electron chi connectivity index (χ0n) is 8.43. The molecule has 15 heavy (non-hydrogen) atoms. The van der Waals surface area contributed by atoms with Crippen molar-refractivity contribution in [2.45, 2.75) is 0 Å². The number of aromatic nitrogens is 3. The van der Waals surface area contributed by atoms with Crippen LogP contribution in [0, 0.1) is 0 Å². The summed E-state index contributed by atoms with van der Waals surface area (Å²) < 4.78 is 0. The number of rotatable bonds is 2. The second-order valence-corrected chi connectivity index (χ2v) is 2.66. The van der Waals surface area contributed by atoms with Gasteiger partial charge in [-0.25, -0.2) is 0 Å². The summed E-state index contributed by atoms with van der Waals surface area (Å²) in [5.41, 5.74) is 1.88. The monoisotopic (exact) mass is 199 g/mol. The number of H-pyrrole nitrogens is 1. The van der Waals surface area contributed by atoms with Crippen molar-refractivity contribution >= 4 is 12.2 Å². The molecule has 0 bridgehead atoms. The molecule has 0 saturated carbocycles. The minimum atomic E-state index is 0.813. The predicted octanol–water partition coefficient (Wildman–Crippen LogP) is 2.78. The molecule has 1 N–H and O–H groups in total. The zero-order valence-corrected chi connectivity index (χ0v) is 8.43. The zero-order chi connectivity index (χ0) is 10.9. The normalized spacial score (nSPS) is 8.53. The van der Waals surface area contributed by atoms with E-state index in [4.69, 9.17) is 0 Å². The van der Waals surface area contributed by atoms with E-state index in [1.807, 2.05) is 18.3 Å². The van der Waals surface area contributed by atoms with Crippen LogP contribution < -0.4 is 0 Å². The number of hydrogen-bond acceptors (Lipinski definition) is 2. The third-order valence-corrected chi connectivity index (χ3v) is 1.63. The Bertz CT molecular complexity index is 390.